The molecule has 0 aromatic heterocycles. The minimum absolute atomic E-state index is 0.0159. The fourth-order valence-electron chi connectivity index (χ4n) is 9.82. The molecule has 53 heavy (non-hydrogen) atoms. The molecule has 3 aromatic carbocycles. The van der Waals surface area contributed by atoms with Crippen molar-refractivity contribution in [1.29, 1.82) is 0 Å². The number of hydrogen-bond acceptors (Lipinski definition) is 6. The van der Waals surface area contributed by atoms with E-state index in [4.69, 9.17) is 4.74 Å². The van der Waals surface area contributed by atoms with E-state index >= 15 is 0 Å². The number of ketones is 3. The second kappa shape index (κ2) is 16.3. The number of hydrogen-bond donors (Lipinski definition) is 0. The Kier molecular flexibility index (Phi) is 11.8. The third kappa shape index (κ3) is 7.26. The van der Waals surface area contributed by atoms with Crippen LogP contribution in [0.1, 0.15) is 109 Å². The zero-order chi connectivity index (χ0) is 38.0. The Morgan fingerprint density at radius 3 is 1.55 bits per heavy atom. The van der Waals surface area contributed by atoms with Crippen LogP contribution in [0.4, 0.5) is 0 Å². The molecule has 3 saturated carbocycles. The van der Waals surface area contributed by atoms with Crippen molar-refractivity contribution in [2.75, 3.05) is 0 Å². The van der Waals surface area contributed by atoms with E-state index in [1.54, 1.807) is 0 Å². The number of Topliss-reactive ketones (excluding diaryl/α,β-unsaturated/α-hetero) is 3. The minimum atomic E-state index is -0.594. The molecule has 0 aliphatic heterocycles. The topological polar surface area (TPSA) is 94.6 Å². The van der Waals surface area contributed by atoms with E-state index in [9.17, 15) is 24.0 Å². The predicted octanol–water partition coefficient (Wildman–Crippen LogP) is 8.67. The van der Waals surface area contributed by atoms with Crippen LogP contribution in [0, 0.1) is 49.4 Å². The first-order valence-corrected chi connectivity index (χ1v) is 19.8. The maximum atomic E-state index is 13.6. The van der Waals surface area contributed by atoms with Gasteiger partial charge in [0.1, 0.15) is 30.9 Å². The summed E-state index contributed by atoms with van der Waals surface area (Å²) in [5, 5.41) is 0. The van der Waals surface area contributed by atoms with E-state index < -0.39 is 5.92 Å². The summed E-state index contributed by atoms with van der Waals surface area (Å²) in [6.45, 7) is 13.1. The first-order chi connectivity index (χ1) is 25.6. The zero-order valence-electron chi connectivity index (χ0n) is 32.2. The smallest absolute Gasteiger partial charge is 0.170 e. The molecule has 5 unspecified atom stereocenters. The van der Waals surface area contributed by atoms with Gasteiger partial charge in [0.2, 0.25) is 0 Å². The molecule has 6 heteroatoms. The van der Waals surface area contributed by atoms with Crippen molar-refractivity contribution in [3.8, 4) is 0 Å². The number of ether oxygens (including phenoxy) is 1. The monoisotopic (exact) mass is 714 g/mol. The van der Waals surface area contributed by atoms with Gasteiger partial charge in [-0.2, -0.15) is 0 Å². The summed E-state index contributed by atoms with van der Waals surface area (Å²) in [5.74, 6) is -0.260. The van der Waals surface area contributed by atoms with Crippen molar-refractivity contribution in [2.45, 2.75) is 105 Å². The van der Waals surface area contributed by atoms with Gasteiger partial charge >= 0.3 is 0 Å². The van der Waals surface area contributed by atoms with Gasteiger partial charge in [-0.05, 0) is 104 Å². The van der Waals surface area contributed by atoms with E-state index in [0.717, 1.165) is 77.4 Å². The number of aldehydes is 2. The van der Waals surface area contributed by atoms with Crippen LogP contribution in [0.2, 0.25) is 0 Å². The van der Waals surface area contributed by atoms with Crippen LogP contribution in [0.25, 0.3) is 5.57 Å². The van der Waals surface area contributed by atoms with Crippen LogP contribution in [0.3, 0.4) is 0 Å². The molecule has 7 rings (SSSR count). The van der Waals surface area contributed by atoms with Crippen molar-refractivity contribution in [1.82, 2.24) is 0 Å². The largest absolute Gasteiger partial charge is 0.492 e. The molecule has 0 radical (unpaired) electrons. The Morgan fingerprint density at radius 2 is 1.08 bits per heavy atom. The molecule has 3 aromatic rings. The SMILES string of the molecule is CCc1cc(C)cc(CC)c1C1=C(OCc2ccccc2)C2CC(C=O)CC2C1=O.CCc1cc(C)cc(CC)c1C1C(=O)C2CC(C=O)CC2C1=O. The molecule has 0 spiro atoms. The Labute approximate surface area is 314 Å². The van der Waals surface area contributed by atoms with Crippen LogP contribution < -0.4 is 0 Å². The molecule has 0 amide bonds. The summed E-state index contributed by atoms with van der Waals surface area (Å²) in [4.78, 5) is 62.0. The molecule has 6 nitrogen and oxygen atoms in total. The molecule has 0 saturated heterocycles. The molecule has 3 fully saturated rings. The van der Waals surface area contributed by atoms with E-state index in [-0.39, 0.29) is 52.9 Å². The number of benzene rings is 3. The highest BCUT2D eigenvalue weighted by molar-refractivity contribution is 6.25. The Bertz CT molecular complexity index is 1860. The standard InChI is InChI=1S/C27H30O3.C20H24O3/c1-4-20-11-17(3)12-21(5-2)24(20)25-26(29)22-13-19(15-28)14-23(22)27(25)30-16-18-9-7-6-8-10-18;1-4-13-6-11(3)7-14(5-2)17(13)18-19(22)15-8-12(10-21)9-16(15)20(18)23/h6-12,15,19,22-23H,4-5,13-14,16H2,1-3H3;6-7,10,12,15-16,18H,4-5,8-9H2,1-3H3. The van der Waals surface area contributed by atoms with Gasteiger partial charge in [-0.25, -0.2) is 0 Å². The maximum Gasteiger partial charge on any atom is 0.170 e. The van der Waals surface area contributed by atoms with Crippen LogP contribution in [-0.4, -0.2) is 29.9 Å². The molecular weight excluding hydrogens is 661 g/mol. The van der Waals surface area contributed by atoms with Gasteiger partial charge in [0.15, 0.2) is 17.3 Å². The number of carbonyl (C=O) groups is 5. The number of allylic oxidation sites excluding steroid dienone is 2. The average Bonchev–Trinajstić information content (AvgIpc) is 3.92. The number of carbonyl (C=O) groups excluding carboxylic acids is 5. The molecule has 0 heterocycles. The molecule has 0 N–H and O–H groups in total. The normalized spacial score (nSPS) is 26.0. The molecule has 4 aliphatic rings. The lowest BCUT2D eigenvalue weighted by atomic mass is 9.82. The maximum absolute atomic E-state index is 13.6. The van der Waals surface area contributed by atoms with E-state index in [1.807, 2.05) is 30.3 Å². The summed E-state index contributed by atoms with van der Waals surface area (Å²) >= 11 is 0. The molecule has 0 bridgehead atoms. The highest BCUT2D eigenvalue weighted by Crippen LogP contribution is 2.52. The van der Waals surface area contributed by atoms with Crippen molar-refractivity contribution in [3.63, 3.8) is 0 Å². The van der Waals surface area contributed by atoms with Gasteiger partial charge in [0.05, 0.1) is 5.57 Å². The van der Waals surface area contributed by atoms with Gasteiger partial charge in [-0.3, -0.25) is 14.4 Å². The first kappa shape index (κ1) is 38.3. The molecular formula is C47H54O6. The third-order valence-corrected chi connectivity index (χ3v) is 12.3. The molecule has 278 valence electrons. The van der Waals surface area contributed by atoms with Crippen LogP contribution in [0.5, 0.6) is 0 Å². The summed E-state index contributed by atoms with van der Waals surface area (Å²) in [5.41, 5.74) is 11.0. The Morgan fingerprint density at radius 1 is 0.623 bits per heavy atom. The summed E-state index contributed by atoms with van der Waals surface area (Å²) < 4.78 is 6.41. The van der Waals surface area contributed by atoms with Crippen molar-refractivity contribution >= 4 is 35.5 Å². The molecule has 5 atom stereocenters. The Balaban J connectivity index is 0.000000188. The average molecular weight is 715 g/mol. The lowest BCUT2D eigenvalue weighted by molar-refractivity contribution is -0.126. The fourth-order valence-corrected chi connectivity index (χ4v) is 9.82. The molecule has 4 aliphatic carbocycles. The summed E-state index contributed by atoms with van der Waals surface area (Å²) in [7, 11) is 0. The zero-order valence-corrected chi connectivity index (χ0v) is 32.2. The van der Waals surface area contributed by atoms with Gasteiger partial charge in [0, 0.05) is 35.5 Å². The second-order valence-corrected chi connectivity index (χ2v) is 15.6. The van der Waals surface area contributed by atoms with E-state index in [1.165, 1.54) is 22.3 Å². The van der Waals surface area contributed by atoms with Crippen LogP contribution in [-0.2, 0) is 61.0 Å². The van der Waals surface area contributed by atoms with Crippen molar-refractivity contribution in [3.05, 3.63) is 110 Å². The van der Waals surface area contributed by atoms with Crippen molar-refractivity contribution < 1.29 is 28.7 Å². The Hall–Kier alpha value is -4.45. The van der Waals surface area contributed by atoms with Gasteiger partial charge in [0.25, 0.3) is 0 Å². The quantitative estimate of drug-likeness (QED) is 0.146. The number of aryl methyl sites for hydroxylation is 6. The van der Waals surface area contributed by atoms with Crippen molar-refractivity contribution in [2.24, 2.45) is 35.5 Å². The second-order valence-electron chi connectivity index (χ2n) is 15.6. The van der Waals surface area contributed by atoms with Crippen LogP contribution in [0.15, 0.2) is 60.4 Å². The summed E-state index contributed by atoms with van der Waals surface area (Å²) in [6, 6.07) is 18.7. The highest BCUT2D eigenvalue weighted by Gasteiger charge is 2.55. The van der Waals surface area contributed by atoms with E-state index in [2.05, 4.69) is 65.8 Å². The predicted molar refractivity (Wildman–Crippen MR) is 207 cm³/mol. The van der Waals surface area contributed by atoms with Gasteiger partial charge in [-0.1, -0.05) is 93.4 Å². The lowest BCUT2D eigenvalue weighted by Crippen LogP contribution is -2.21. The lowest BCUT2D eigenvalue weighted by Gasteiger charge is -2.20. The van der Waals surface area contributed by atoms with Crippen LogP contribution >= 0.6 is 0 Å². The summed E-state index contributed by atoms with van der Waals surface area (Å²) in [6.07, 6.45) is 7.80. The van der Waals surface area contributed by atoms with Gasteiger partial charge in [-0.15, -0.1) is 0 Å². The number of rotatable bonds is 11. The highest BCUT2D eigenvalue weighted by atomic mass is 16.5. The van der Waals surface area contributed by atoms with Gasteiger partial charge < -0.3 is 14.3 Å². The fraction of sp³-hybridized carbons (Fsp3) is 0.468. The minimum Gasteiger partial charge on any atom is -0.492 e. The number of fused-ring (bicyclic) bond motifs is 2. The third-order valence-electron chi connectivity index (χ3n) is 12.3. The first-order valence-electron chi connectivity index (χ1n) is 19.8. The van der Waals surface area contributed by atoms with E-state index in [0.29, 0.717) is 32.3 Å².